The van der Waals surface area contributed by atoms with Crippen LogP contribution in [0.3, 0.4) is 0 Å². The molecule has 2 saturated carbocycles. The first kappa shape index (κ1) is 30.4. The Balaban J connectivity index is 1.65. The third-order valence-corrected chi connectivity index (χ3v) is 8.87. The van der Waals surface area contributed by atoms with Gasteiger partial charge >= 0.3 is 12.1 Å². The van der Waals surface area contributed by atoms with E-state index in [2.05, 4.69) is 18.9 Å². The summed E-state index contributed by atoms with van der Waals surface area (Å²) in [6.45, 7) is 5.31. The van der Waals surface area contributed by atoms with E-state index in [0.717, 1.165) is 28.6 Å². The van der Waals surface area contributed by atoms with Gasteiger partial charge in [0.1, 0.15) is 0 Å². The molecule has 218 valence electrons. The molecule has 1 aromatic heterocycles. The molecule has 1 amide bonds. The number of alkyl halides is 3. The van der Waals surface area contributed by atoms with Crippen LogP contribution in [0.15, 0.2) is 24.4 Å². The highest BCUT2D eigenvalue weighted by Gasteiger charge is 2.46. The topological polar surface area (TPSA) is 92.5 Å². The molecule has 2 aliphatic rings. The van der Waals surface area contributed by atoms with Crippen molar-refractivity contribution >= 4 is 40.9 Å². The summed E-state index contributed by atoms with van der Waals surface area (Å²) in [6, 6.07) is 3.81. The van der Waals surface area contributed by atoms with Crippen LogP contribution in [-0.4, -0.2) is 50.5 Å². The zero-order valence-electron chi connectivity index (χ0n) is 22.5. The fourth-order valence-electron chi connectivity index (χ4n) is 6.13. The summed E-state index contributed by atoms with van der Waals surface area (Å²) < 4.78 is 44.2. The molecule has 0 radical (unpaired) electrons. The van der Waals surface area contributed by atoms with Crippen LogP contribution in [0.25, 0.3) is 0 Å². The van der Waals surface area contributed by atoms with E-state index in [1.54, 1.807) is 13.0 Å². The van der Waals surface area contributed by atoms with E-state index < -0.39 is 53.1 Å². The van der Waals surface area contributed by atoms with Gasteiger partial charge in [0.05, 0.1) is 45.4 Å². The summed E-state index contributed by atoms with van der Waals surface area (Å²) in [6.07, 6.45) is -1.78. The Kier molecular flexibility index (Phi) is 8.36. The Morgan fingerprint density at radius 2 is 1.68 bits per heavy atom. The molecular formula is C28H32Cl2F3N3O4. The van der Waals surface area contributed by atoms with Crippen molar-refractivity contribution in [1.82, 2.24) is 14.7 Å². The molecule has 2 aliphatic carbocycles. The number of carboxylic acid groups (broad SMARTS) is 1. The summed E-state index contributed by atoms with van der Waals surface area (Å²) in [5.74, 6) is -2.50. The van der Waals surface area contributed by atoms with E-state index in [1.807, 2.05) is 0 Å². The molecule has 0 atom stereocenters. The number of rotatable bonds is 8. The lowest BCUT2D eigenvalue weighted by Gasteiger charge is -2.44. The number of hydrogen-bond acceptors (Lipinski definition) is 4. The van der Waals surface area contributed by atoms with Gasteiger partial charge in [-0.25, -0.2) is 0 Å². The van der Waals surface area contributed by atoms with Crippen molar-refractivity contribution in [2.24, 2.45) is 16.7 Å². The monoisotopic (exact) mass is 601 g/mol. The molecule has 2 fully saturated rings. The van der Waals surface area contributed by atoms with Crippen molar-refractivity contribution in [1.29, 1.82) is 0 Å². The molecule has 7 nitrogen and oxygen atoms in total. The number of carbonyl (C=O) groups excluding carboxylic acids is 2. The minimum atomic E-state index is -4.91. The average Bonchev–Trinajstić information content (AvgIpc) is 3.28. The number of ketones is 1. The Morgan fingerprint density at radius 1 is 1.10 bits per heavy atom. The van der Waals surface area contributed by atoms with Crippen molar-refractivity contribution in [3.05, 3.63) is 51.3 Å². The lowest BCUT2D eigenvalue weighted by Crippen LogP contribution is -2.45. The van der Waals surface area contributed by atoms with E-state index in [-0.39, 0.29) is 59.2 Å². The number of benzene rings is 1. The average molecular weight is 602 g/mol. The fraction of sp³-hybridized carbons (Fsp3) is 0.571. The highest BCUT2D eigenvalue weighted by molar-refractivity contribution is 6.40. The van der Waals surface area contributed by atoms with Gasteiger partial charge in [0.2, 0.25) is 0 Å². The quantitative estimate of drug-likeness (QED) is 0.324. The van der Waals surface area contributed by atoms with Crippen LogP contribution in [0, 0.1) is 16.7 Å². The molecule has 1 heterocycles. The molecule has 0 saturated heterocycles. The maximum absolute atomic E-state index is 14.4. The largest absolute Gasteiger partial charge is 0.481 e. The predicted octanol–water partition coefficient (Wildman–Crippen LogP) is 7.18. The van der Waals surface area contributed by atoms with Gasteiger partial charge in [0.25, 0.3) is 5.91 Å². The molecule has 1 aromatic carbocycles. The molecule has 1 N–H and O–H groups in total. The number of carbonyl (C=O) groups is 3. The SMILES string of the molecule is CC1(C)CC(CN(CC(=O)c2c(Cl)cccc2Cl)C(=O)c2cnn([C@H]3CC[C@](C)(C(=O)O)CC3)c2C(F)(F)F)C1. The summed E-state index contributed by atoms with van der Waals surface area (Å²) in [5.41, 5.74) is -2.80. The van der Waals surface area contributed by atoms with Gasteiger partial charge in [-0.2, -0.15) is 18.3 Å². The van der Waals surface area contributed by atoms with E-state index in [1.165, 1.54) is 12.1 Å². The highest BCUT2D eigenvalue weighted by atomic mass is 35.5. The van der Waals surface area contributed by atoms with Crippen LogP contribution in [-0.2, 0) is 11.0 Å². The van der Waals surface area contributed by atoms with E-state index in [9.17, 15) is 32.7 Å². The first-order valence-corrected chi connectivity index (χ1v) is 13.9. The second-order valence-corrected chi connectivity index (χ2v) is 12.9. The van der Waals surface area contributed by atoms with E-state index in [4.69, 9.17) is 23.2 Å². The maximum Gasteiger partial charge on any atom is 0.433 e. The normalized spacial score (nSPS) is 22.9. The molecule has 2 aromatic rings. The third kappa shape index (κ3) is 6.17. The van der Waals surface area contributed by atoms with Crippen molar-refractivity contribution in [3.8, 4) is 0 Å². The van der Waals surface area contributed by atoms with Crippen LogP contribution >= 0.6 is 23.2 Å². The van der Waals surface area contributed by atoms with Gasteiger partial charge in [-0.1, -0.05) is 43.1 Å². The second kappa shape index (κ2) is 11.0. The highest BCUT2D eigenvalue weighted by Crippen LogP contribution is 2.46. The Morgan fingerprint density at radius 3 is 2.17 bits per heavy atom. The number of hydrogen-bond donors (Lipinski definition) is 1. The van der Waals surface area contributed by atoms with Crippen molar-refractivity contribution in [2.45, 2.75) is 71.5 Å². The predicted molar refractivity (Wildman–Crippen MR) is 144 cm³/mol. The van der Waals surface area contributed by atoms with Crippen molar-refractivity contribution in [3.63, 3.8) is 0 Å². The number of aromatic nitrogens is 2. The number of nitrogens with zero attached hydrogens (tertiary/aromatic N) is 3. The molecule has 0 spiro atoms. The Hall–Kier alpha value is -2.59. The molecule has 0 unspecified atom stereocenters. The number of Topliss-reactive ketones (excluding diaryl/α,β-unsaturated/α-hetero) is 1. The summed E-state index contributed by atoms with van der Waals surface area (Å²) >= 11 is 12.4. The summed E-state index contributed by atoms with van der Waals surface area (Å²) in [4.78, 5) is 39.7. The summed E-state index contributed by atoms with van der Waals surface area (Å²) in [5, 5.41) is 13.7. The van der Waals surface area contributed by atoms with E-state index in [0.29, 0.717) is 0 Å². The van der Waals surface area contributed by atoms with Crippen LogP contribution in [0.5, 0.6) is 0 Å². The molecule has 12 heteroatoms. The maximum atomic E-state index is 14.4. The first-order valence-electron chi connectivity index (χ1n) is 13.2. The fourth-order valence-corrected chi connectivity index (χ4v) is 6.73. The molecule has 4 rings (SSSR count). The minimum absolute atomic E-state index is 0.00741. The standard InChI is InChI=1S/C28H32Cl2F3N3O4/c1-26(2)11-16(12-26)14-35(15-21(37)22-19(29)5-4-6-20(22)30)24(38)18-13-34-36(23(18)28(31,32)33)17-7-9-27(3,10-8-17)25(39)40/h4-6,13,16-17H,7-12,14-15H2,1-3H3,(H,39,40)/t17-,27-. The summed E-state index contributed by atoms with van der Waals surface area (Å²) in [7, 11) is 0. The Labute approximate surface area is 240 Å². The number of amides is 1. The smallest absolute Gasteiger partial charge is 0.433 e. The molecular weight excluding hydrogens is 570 g/mol. The second-order valence-electron chi connectivity index (χ2n) is 12.1. The zero-order valence-corrected chi connectivity index (χ0v) is 24.0. The van der Waals surface area contributed by atoms with Gasteiger partial charge in [-0.3, -0.25) is 19.1 Å². The molecule has 0 aliphatic heterocycles. The molecule has 0 bridgehead atoms. The van der Waals surface area contributed by atoms with Crippen LogP contribution in [0.2, 0.25) is 10.0 Å². The van der Waals surface area contributed by atoms with E-state index >= 15 is 0 Å². The van der Waals surface area contributed by atoms with Crippen LogP contribution < -0.4 is 0 Å². The van der Waals surface area contributed by atoms with Gasteiger partial charge in [-0.15, -0.1) is 0 Å². The van der Waals surface area contributed by atoms with Crippen LogP contribution in [0.1, 0.15) is 91.7 Å². The number of carboxylic acids is 1. The van der Waals surface area contributed by atoms with Crippen molar-refractivity contribution < 1.29 is 32.7 Å². The minimum Gasteiger partial charge on any atom is -0.481 e. The lowest BCUT2D eigenvalue weighted by atomic mass is 9.64. The first-order chi connectivity index (χ1) is 18.5. The van der Waals surface area contributed by atoms with Crippen LogP contribution in [0.4, 0.5) is 13.2 Å². The van der Waals surface area contributed by atoms with Gasteiger partial charge in [-0.05, 0) is 68.9 Å². The van der Waals surface area contributed by atoms with Gasteiger partial charge < -0.3 is 10.0 Å². The lowest BCUT2D eigenvalue weighted by molar-refractivity contribution is -0.152. The number of halogens is 5. The third-order valence-electron chi connectivity index (χ3n) is 8.24. The Bertz CT molecular complexity index is 1290. The zero-order chi connectivity index (χ0) is 29.6. The molecule has 40 heavy (non-hydrogen) atoms. The van der Waals surface area contributed by atoms with Gasteiger partial charge in [0, 0.05) is 6.54 Å². The van der Waals surface area contributed by atoms with Crippen molar-refractivity contribution in [2.75, 3.05) is 13.1 Å². The van der Waals surface area contributed by atoms with Gasteiger partial charge in [0.15, 0.2) is 11.5 Å². The number of aliphatic carboxylic acids is 1.